The first-order valence-corrected chi connectivity index (χ1v) is 14.0. The van der Waals surface area contributed by atoms with Crippen LogP contribution in [0.25, 0.3) is 11.1 Å². The van der Waals surface area contributed by atoms with E-state index in [0.717, 1.165) is 60.8 Å². The maximum absolute atomic E-state index is 15.2. The molecule has 2 N–H and O–H groups in total. The second-order valence-electron chi connectivity index (χ2n) is 10.2. The van der Waals surface area contributed by atoms with Crippen molar-refractivity contribution in [3.05, 3.63) is 101 Å². The fourth-order valence-corrected chi connectivity index (χ4v) is 4.58. The van der Waals surface area contributed by atoms with Crippen LogP contribution in [0.1, 0.15) is 48.9 Å². The first-order valence-electron chi connectivity index (χ1n) is 14.0. The molecule has 5 nitrogen and oxygen atoms in total. The van der Waals surface area contributed by atoms with Crippen molar-refractivity contribution in [3.63, 3.8) is 0 Å². The predicted molar refractivity (Wildman–Crippen MR) is 157 cm³/mol. The highest BCUT2D eigenvalue weighted by Crippen LogP contribution is 2.29. The van der Waals surface area contributed by atoms with Crippen LogP contribution in [0.3, 0.4) is 0 Å². The Morgan fingerprint density at radius 3 is 2.12 bits per heavy atom. The van der Waals surface area contributed by atoms with Gasteiger partial charge in [-0.3, -0.25) is 0 Å². The van der Waals surface area contributed by atoms with Gasteiger partial charge in [-0.1, -0.05) is 56.0 Å². The number of ether oxygens (including phenoxy) is 2. The summed E-state index contributed by atoms with van der Waals surface area (Å²) in [4.78, 5) is 11.4. The van der Waals surface area contributed by atoms with E-state index < -0.39 is 5.97 Å². The monoisotopic (exact) mass is 548 g/mol. The lowest BCUT2D eigenvalue weighted by Crippen LogP contribution is -2.12. The zero-order chi connectivity index (χ0) is 28.9. The Morgan fingerprint density at radius 2 is 1.50 bits per heavy atom. The van der Waals surface area contributed by atoms with E-state index in [0.29, 0.717) is 16.9 Å². The molecule has 0 radical (unpaired) electrons. The van der Waals surface area contributed by atoms with Gasteiger partial charge in [-0.2, -0.15) is 0 Å². The van der Waals surface area contributed by atoms with Crippen molar-refractivity contribution >= 4 is 5.97 Å². The number of rotatable bonds is 16. The SMILES string of the molecule is C=C(C)C(=O)OCCOc1ccc(CCc2ccc(-c3ccc(CCCC(CO)CO)cc3CC)c(F)c2)cc1. The van der Waals surface area contributed by atoms with Crippen molar-refractivity contribution in [2.75, 3.05) is 26.4 Å². The summed E-state index contributed by atoms with van der Waals surface area (Å²) in [5.74, 6) is -0.0125. The number of aryl methyl sites for hydroxylation is 4. The minimum absolute atomic E-state index is 0.00390. The number of hydrogen-bond donors (Lipinski definition) is 2. The van der Waals surface area contributed by atoms with Gasteiger partial charge in [0.05, 0.1) is 0 Å². The molecule has 3 rings (SSSR count). The molecular weight excluding hydrogens is 507 g/mol. The van der Waals surface area contributed by atoms with Crippen molar-refractivity contribution < 1.29 is 28.9 Å². The highest BCUT2D eigenvalue weighted by molar-refractivity contribution is 5.86. The van der Waals surface area contributed by atoms with E-state index in [1.165, 1.54) is 5.56 Å². The largest absolute Gasteiger partial charge is 0.490 e. The average molecular weight is 549 g/mol. The summed E-state index contributed by atoms with van der Waals surface area (Å²) in [6.07, 6.45) is 4.83. The van der Waals surface area contributed by atoms with Gasteiger partial charge in [-0.25, -0.2) is 9.18 Å². The van der Waals surface area contributed by atoms with Crippen LogP contribution < -0.4 is 4.74 Å². The van der Waals surface area contributed by atoms with Crippen molar-refractivity contribution in [2.45, 2.75) is 52.4 Å². The molecule has 0 heterocycles. The molecule has 0 aliphatic heterocycles. The first kappa shape index (κ1) is 31.1. The van der Waals surface area contributed by atoms with Crippen molar-refractivity contribution in [2.24, 2.45) is 5.92 Å². The van der Waals surface area contributed by atoms with Crippen LogP contribution in [-0.2, 0) is 35.2 Å². The molecule has 0 amide bonds. The summed E-state index contributed by atoms with van der Waals surface area (Å²) in [7, 11) is 0. The Morgan fingerprint density at radius 1 is 0.875 bits per heavy atom. The Kier molecular flexibility index (Phi) is 12.4. The highest BCUT2D eigenvalue weighted by Gasteiger charge is 2.12. The quantitative estimate of drug-likeness (QED) is 0.126. The summed E-state index contributed by atoms with van der Waals surface area (Å²) in [6.45, 7) is 7.66. The number of halogens is 1. The van der Waals surface area contributed by atoms with E-state index in [1.54, 1.807) is 13.0 Å². The van der Waals surface area contributed by atoms with E-state index >= 15 is 4.39 Å². The number of aliphatic hydroxyl groups excluding tert-OH is 2. The molecule has 214 valence electrons. The normalized spacial score (nSPS) is 11.1. The first-order chi connectivity index (χ1) is 19.3. The van der Waals surface area contributed by atoms with Gasteiger partial charge in [0, 0.05) is 30.3 Å². The number of aliphatic hydroxyl groups is 2. The van der Waals surface area contributed by atoms with E-state index in [-0.39, 0.29) is 38.2 Å². The topological polar surface area (TPSA) is 76.0 Å². The molecule has 0 aliphatic rings. The van der Waals surface area contributed by atoms with E-state index in [9.17, 15) is 15.0 Å². The van der Waals surface area contributed by atoms with E-state index in [2.05, 4.69) is 25.6 Å². The summed E-state index contributed by atoms with van der Waals surface area (Å²) < 4.78 is 25.9. The van der Waals surface area contributed by atoms with Gasteiger partial charge in [0.25, 0.3) is 0 Å². The highest BCUT2D eigenvalue weighted by atomic mass is 19.1. The molecule has 0 fully saturated rings. The molecule has 6 heteroatoms. The molecule has 0 atom stereocenters. The minimum atomic E-state index is -0.424. The van der Waals surface area contributed by atoms with Gasteiger partial charge < -0.3 is 19.7 Å². The number of carbonyl (C=O) groups is 1. The Labute approximate surface area is 237 Å². The summed E-state index contributed by atoms with van der Waals surface area (Å²) in [5, 5.41) is 18.5. The zero-order valence-electron chi connectivity index (χ0n) is 23.6. The third kappa shape index (κ3) is 9.32. The van der Waals surface area contributed by atoms with Crippen LogP contribution in [0.2, 0.25) is 0 Å². The fraction of sp³-hybridized carbons (Fsp3) is 0.382. The van der Waals surface area contributed by atoms with Crippen LogP contribution in [-0.4, -0.2) is 42.6 Å². The summed E-state index contributed by atoms with van der Waals surface area (Å²) in [6, 6.07) is 19.5. The minimum Gasteiger partial charge on any atom is -0.490 e. The molecular formula is C34H41FO5. The van der Waals surface area contributed by atoms with Crippen molar-refractivity contribution in [1.29, 1.82) is 0 Å². The molecule has 3 aromatic rings. The molecule has 0 spiro atoms. The third-order valence-corrected chi connectivity index (χ3v) is 7.03. The standard InChI is InChI=1S/C34H41FO5/c1-4-29-20-26(6-5-7-28(22-36)23-37)12-16-31(29)32-17-13-27(21-33(32)35)9-8-25-10-14-30(15-11-25)39-18-19-40-34(38)24(2)3/h10-17,20-21,28,36-37H,2,4-9,18-19,22-23H2,1,3H3. The Balaban J connectivity index is 1.54. The second-order valence-corrected chi connectivity index (χ2v) is 10.2. The van der Waals surface area contributed by atoms with Crippen LogP contribution in [0.5, 0.6) is 5.75 Å². The van der Waals surface area contributed by atoms with Crippen LogP contribution in [0, 0.1) is 11.7 Å². The van der Waals surface area contributed by atoms with Gasteiger partial charge in [0.2, 0.25) is 0 Å². The van der Waals surface area contributed by atoms with Gasteiger partial charge >= 0.3 is 5.97 Å². The molecule has 0 unspecified atom stereocenters. The molecule has 0 saturated heterocycles. The Hall–Kier alpha value is -3.48. The molecule has 3 aromatic carbocycles. The number of esters is 1. The summed E-state index contributed by atoms with van der Waals surface area (Å²) >= 11 is 0. The lowest BCUT2D eigenvalue weighted by Gasteiger charge is -2.14. The number of carbonyl (C=O) groups excluding carboxylic acids is 1. The fourth-order valence-electron chi connectivity index (χ4n) is 4.58. The van der Waals surface area contributed by atoms with Gasteiger partial charge in [-0.05, 0) is 91.5 Å². The van der Waals surface area contributed by atoms with Gasteiger partial charge in [-0.15, -0.1) is 0 Å². The molecule has 0 aromatic heterocycles. The number of benzene rings is 3. The van der Waals surface area contributed by atoms with Crippen molar-refractivity contribution in [1.82, 2.24) is 0 Å². The smallest absolute Gasteiger partial charge is 0.333 e. The zero-order valence-corrected chi connectivity index (χ0v) is 23.6. The lowest BCUT2D eigenvalue weighted by molar-refractivity contribution is -0.139. The average Bonchev–Trinajstić information content (AvgIpc) is 2.97. The molecule has 0 aliphatic carbocycles. The maximum Gasteiger partial charge on any atom is 0.333 e. The molecule has 0 bridgehead atoms. The molecule has 0 saturated carbocycles. The van der Waals surface area contributed by atoms with E-state index in [4.69, 9.17) is 9.47 Å². The van der Waals surface area contributed by atoms with Crippen LogP contribution in [0.15, 0.2) is 72.8 Å². The Bertz CT molecular complexity index is 1250. The summed E-state index contributed by atoms with van der Waals surface area (Å²) in [5.41, 5.74) is 6.26. The predicted octanol–water partition coefficient (Wildman–Crippen LogP) is 6.26. The van der Waals surface area contributed by atoms with Crippen LogP contribution in [0.4, 0.5) is 4.39 Å². The molecule has 40 heavy (non-hydrogen) atoms. The van der Waals surface area contributed by atoms with Gasteiger partial charge in [0.1, 0.15) is 24.8 Å². The maximum atomic E-state index is 15.2. The van der Waals surface area contributed by atoms with Crippen molar-refractivity contribution in [3.8, 4) is 16.9 Å². The second kappa shape index (κ2) is 15.9. The van der Waals surface area contributed by atoms with Crippen LogP contribution >= 0.6 is 0 Å². The third-order valence-electron chi connectivity index (χ3n) is 7.03. The van der Waals surface area contributed by atoms with E-state index in [1.807, 2.05) is 42.5 Å². The van der Waals surface area contributed by atoms with Gasteiger partial charge in [0.15, 0.2) is 0 Å². The lowest BCUT2D eigenvalue weighted by atomic mass is 9.92. The number of hydrogen-bond acceptors (Lipinski definition) is 5.